The average Bonchev–Trinajstić information content (AvgIpc) is 2.90. The van der Waals surface area contributed by atoms with Crippen molar-refractivity contribution >= 4 is 15.8 Å². The van der Waals surface area contributed by atoms with Gasteiger partial charge in [0.15, 0.2) is 5.03 Å². The van der Waals surface area contributed by atoms with Gasteiger partial charge in [0.2, 0.25) is 0 Å². The third-order valence-electron chi connectivity index (χ3n) is 2.53. The van der Waals surface area contributed by atoms with Crippen molar-refractivity contribution < 1.29 is 8.42 Å². The molecule has 108 valence electrons. The number of aromatic amines is 1. The number of H-pyrrole nitrogens is 1. The Morgan fingerprint density at radius 3 is 2.70 bits per heavy atom. The Hall–Kier alpha value is -2.00. The third-order valence-corrected chi connectivity index (χ3v) is 3.85. The topological polar surface area (TPSA) is 104 Å². The zero-order chi connectivity index (χ0) is 14.8. The zero-order valence-electron chi connectivity index (χ0n) is 11.5. The van der Waals surface area contributed by atoms with Crippen LogP contribution in [-0.4, -0.2) is 42.4 Å². The lowest BCUT2D eigenvalue weighted by Crippen LogP contribution is -2.25. The summed E-state index contributed by atoms with van der Waals surface area (Å²) in [7, 11) is 0.100. The van der Waals surface area contributed by atoms with Crippen molar-refractivity contribution in [3.05, 3.63) is 30.1 Å². The van der Waals surface area contributed by atoms with E-state index in [1.807, 2.05) is 32.0 Å². The second kappa shape index (κ2) is 5.55. The number of sulfonamides is 1. The Bertz CT molecular complexity index is 681. The van der Waals surface area contributed by atoms with E-state index < -0.39 is 10.0 Å². The minimum Gasteiger partial charge on any atom is -0.363 e. The number of aryl methyl sites for hydroxylation is 1. The highest BCUT2D eigenvalue weighted by atomic mass is 32.2. The van der Waals surface area contributed by atoms with Crippen LogP contribution in [0, 0.1) is 6.92 Å². The Morgan fingerprint density at radius 1 is 1.35 bits per heavy atom. The van der Waals surface area contributed by atoms with Gasteiger partial charge in [0.1, 0.15) is 11.6 Å². The number of nitrogens with zero attached hydrogens (tertiary/aromatic N) is 4. The summed E-state index contributed by atoms with van der Waals surface area (Å²) < 4.78 is 26.3. The summed E-state index contributed by atoms with van der Waals surface area (Å²) in [5.74, 6) is 1.14. The molecule has 2 rings (SSSR count). The number of hydrogen-bond donors (Lipinski definition) is 2. The van der Waals surface area contributed by atoms with Gasteiger partial charge in [-0.3, -0.25) is 0 Å². The average molecular weight is 296 g/mol. The molecule has 0 aliphatic heterocycles. The van der Waals surface area contributed by atoms with E-state index in [0.717, 1.165) is 11.5 Å². The second-order valence-corrected chi connectivity index (χ2v) is 6.15. The SMILES string of the molecule is Cc1cc(N(C)C)nc(CNS(=O)(=O)c2cnc[nH]2)n1. The molecule has 2 N–H and O–H groups in total. The number of imidazole rings is 1. The first-order valence-electron chi connectivity index (χ1n) is 5.88. The lowest BCUT2D eigenvalue weighted by Gasteiger charge is -2.13. The van der Waals surface area contributed by atoms with Gasteiger partial charge < -0.3 is 9.88 Å². The number of hydrogen-bond acceptors (Lipinski definition) is 6. The predicted octanol–water partition coefficient (Wildman–Crippen LogP) is 0.0526. The van der Waals surface area contributed by atoms with Crippen molar-refractivity contribution in [2.24, 2.45) is 0 Å². The van der Waals surface area contributed by atoms with Crippen LogP contribution in [0.25, 0.3) is 0 Å². The summed E-state index contributed by atoms with van der Waals surface area (Å²) in [6.07, 6.45) is 2.55. The molecule has 0 saturated carbocycles. The van der Waals surface area contributed by atoms with Crippen LogP contribution in [-0.2, 0) is 16.6 Å². The Morgan fingerprint density at radius 2 is 2.10 bits per heavy atom. The van der Waals surface area contributed by atoms with E-state index in [4.69, 9.17) is 0 Å². The summed E-state index contributed by atoms with van der Waals surface area (Å²) >= 11 is 0. The Labute approximate surface area is 117 Å². The molecule has 0 saturated heterocycles. The molecule has 0 aliphatic carbocycles. The van der Waals surface area contributed by atoms with Gasteiger partial charge in [-0.2, -0.15) is 0 Å². The molecule has 2 aromatic rings. The van der Waals surface area contributed by atoms with Crippen LogP contribution < -0.4 is 9.62 Å². The van der Waals surface area contributed by atoms with Gasteiger partial charge >= 0.3 is 0 Å². The fraction of sp³-hybridized carbons (Fsp3) is 0.364. The summed E-state index contributed by atoms with van der Waals surface area (Å²) in [6.45, 7) is 1.85. The third kappa shape index (κ3) is 3.31. The molecule has 9 heteroatoms. The number of nitrogens with one attached hydrogen (secondary N) is 2. The number of aromatic nitrogens is 4. The van der Waals surface area contributed by atoms with Crippen molar-refractivity contribution in [1.82, 2.24) is 24.7 Å². The van der Waals surface area contributed by atoms with Crippen LogP contribution in [0.15, 0.2) is 23.6 Å². The van der Waals surface area contributed by atoms with Crippen molar-refractivity contribution in [2.75, 3.05) is 19.0 Å². The van der Waals surface area contributed by atoms with Gasteiger partial charge in [-0.05, 0) is 6.92 Å². The van der Waals surface area contributed by atoms with Crippen LogP contribution in [0.3, 0.4) is 0 Å². The molecule has 0 fully saturated rings. The summed E-state index contributed by atoms with van der Waals surface area (Å²) in [5, 5.41) is 0.0120. The molecule has 0 aliphatic rings. The standard InChI is InChI=1S/C11H16N6O2S/c1-8-4-10(17(2)3)16-9(15-8)5-14-20(18,19)11-6-12-7-13-11/h4,6-7,14H,5H2,1-3H3,(H,12,13). The maximum absolute atomic E-state index is 11.9. The highest BCUT2D eigenvalue weighted by Gasteiger charge is 2.16. The lowest BCUT2D eigenvalue weighted by atomic mass is 10.4. The van der Waals surface area contributed by atoms with Crippen LogP contribution in [0.2, 0.25) is 0 Å². The molecule has 0 atom stereocenters. The van der Waals surface area contributed by atoms with Crippen molar-refractivity contribution in [3.8, 4) is 0 Å². The predicted molar refractivity (Wildman–Crippen MR) is 73.7 cm³/mol. The van der Waals surface area contributed by atoms with E-state index in [1.165, 1.54) is 12.5 Å². The van der Waals surface area contributed by atoms with Crippen LogP contribution in [0.1, 0.15) is 11.5 Å². The molecule has 0 bridgehead atoms. The van der Waals surface area contributed by atoms with Crippen molar-refractivity contribution in [1.29, 1.82) is 0 Å². The minimum atomic E-state index is -3.62. The molecular weight excluding hydrogens is 280 g/mol. The molecular formula is C11H16N6O2S. The normalized spacial score (nSPS) is 11.6. The molecule has 0 radical (unpaired) electrons. The van der Waals surface area contributed by atoms with E-state index in [-0.39, 0.29) is 11.6 Å². The lowest BCUT2D eigenvalue weighted by molar-refractivity contribution is 0.576. The van der Waals surface area contributed by atoms with Crippen LogP contribution in [0.4, 0.5) is 5.82 Å². The van der Waals surface area contributed by atoms with E-state index in [0.29, 0.717) is 5.82 Å². The van der Waals surface area contributed by atoms with Crippen LogP contribution in [0.5, 0.6) is 0 Å². The maximum Gasteiger partial charge on any atom is 0.258 e. The first-order chi connectivity index (χ1) is 9.38. The molecule has 2 aromatic heterocycles. The van der Waals surface area contributed by atoms with E-state index in [1.54, 1.807) is 0 Å². The largest absolute Gasteiger partial charge is 0.363 e. The van der Waals surface area contributed by atoms with Crippen LogP contribution >= 0.6 is 0 Å². The van der Waals surface area contributed by atoms with Gasteiger partial charge in [0.05, 0.1) is 19.1 Å². The van der Waals surface area contributed by atoms with E-state index in [2.05, 4.69) is 24.7 Å². The molecule has 0 amide bonds. The van der Waals surface area contributed by atoms with E-state index >= 15 is 0 Å². The molecule has 2 heterocycles. The van der Waals surface area contributed by atoms with Gasteiger partial charge in [0, 0.05) is 25.9 Å². The number of rotatable bonds is 5. The summed E-state index contributed by atoms with van der Waals surface area (Å²) in [6, 6.07) is 1.83. The fourth-order valence-corrected chi connectivity index (χ4v) is 2.43. The smallest absolute Gasteiger partial charge is 0.258 e. The second-order valence-electron chi connectivity index (χ2n) is 4.42. The van der Waals surface area contributed by atoms with Gasteiger partial charge in [-0.25, -0.2) is 28.1 Å². The summed E-state index contributed by atoms with van der Waals surface area (Å²) in [4.78, 5) is 16.6. The Balaban J connectivity index is 2.15. The monoisotopic (exact) mass is 296 g/mol. The minimum absolute atomic E-state index is 0.0120. The molecule has 8 nitrogen and oxygen atoms in total. The quantitative estimate of drug-likeness (QED) is 0.808. The molecule has 20 heavy (non-hydrogen) atoms. The number of anilines is 1. The molecule has 0 aromatic carbocycles. The maximum atomic E-state index is 11.9. The van der Waals surface area contributed by atoms with E-state index in [9.17, 15) is 8.42 Å². The zero-order valence-corrected chi connectivity index (χ0v) is 12.3. The van der Waals surface area contributed by atoms with Gasteiger partial charge in [-0.1, -0.05) is 0 Å². The van der Waals surface area contributed by atoms with Crippen molar-refractivity contribution in [2.45, 2.75) is 18.5 Å². The van der Waals surface area contributed by atoms with Crippen molar-refractivity contribution in [3.63, 3.8) is 0 Å². The summed E-state index contributed by atoms with van der Waals surface area (Å²) in [5.41, 5.74) is 0.777. The highest BCUT2D eigenvalue weighted by molar-refractivity contribution is 7.89. The first kappa shape index (κ1) is 14.4. The molecule has 0 unspecified atom stereocenters. The first-order valence-corrected chi connectivity index (χ1v) is 7.37. The fourth-order valence-electron chi connectivity index (χ4n) is 1.55. The van der Waals surface area contributed by atoms with Gasteiger partial charge in [0.25, 0.3) is 10.0 Å². The Kier molecular flexibility index (Phi) is 4.00. The van der Waals surface area contributed by atoms with Gasteiger partial charge in [-0.15, -0.1) is 0 Å². The molecule has 0 spiro atoms. The highest BCUT2D eigenvalue weighted by Crippen LogP contribution is 2.10.